The van der Waals surface area contributed by atoms with Crippen LogP contribution in [0.2, 0.25) is 0 Å². The maximum atomic E-state index is 12.4. The number of nitrogens with zero attached hydrogens (tertiary/aromatic N) is 1. The Labute approximate surface area is 159 Å². The summed E-state index contributed by atoms with van der Waals surface area (Å²) in [5.41, 5.74) is 3.17. The molecule has 2 rings (SSSR count). The second-order valence-corrected chi connectivity index (χ2v) is 6.16. The van der Waals surface area contributed by atoms with E-state index in [-0.39, 0.29) is 18.2 Å². The lowest BCUT2D eigenvalue weighted by Crippen LogP contribution is -2.16. The zero-order valence-corrected chi connectivity index (χ0v) is 15.8. The van der Waals surface area contributed by atoms with Crippen LogP contribution >= 0.6 is 0 Å². The Bertz CT molecular complexity index is 811. The Kier molecular flexibility index (Phi) is 7.11. The SMILES string of the molecule is CCOC(=O)/C(=C/C(CC)c1ccc(C)cc1)Nc1ccc([N+](=O)[O-])cc1. The van der Waals surface area contributed by atoms with E-state index in [4.69, 9.17) is 4.74 Å². The van der Waals surface area contributed by atoms with Crippen LogP contribution in [-0.2, 0) is 9.53 Å². The average molecular weight is 368 g/mol. The Morgan fingerprint density at radius 1 is 1.15 bits per heavy atom. The van der Waals surface area contributed by atoms with Gasteiger partial charge in [-0.2, -0.15) is 0 Å². The van der Waals surface area contributed by atoms with Gasteiger partial charge in [0, 0.05) is 23.7 Å². The normalized spacial score (nSPS) is 12.3. The number of aryl methyl sites for hydroxylation is 1. The molecule has 0 heterocycles. The van der Waals surface area contributed by atoms with Crippen LogP contribution in [0.5, 0.6) is 0 Å². The molecule has 0 amide bonds. The molecule has 0 bridgehead atoms. The maximum absolute atomic E-state index is 12.4. The van der Waals surface area contributed by atoms with Crippen molar-refractivity contribution in [2.75, 3.05) is 11.9 Å². The van der Waals surface area contributed by atoms with E-state index in [1.165, 1.54) is 17.7 Å². The number of ether oxygens (including phenoxy) is 1. The van der Waals surface area contributed by atoms with Crippen LogP contribution in [0.3, 0.4) is 0 Å². The maximum Gasteiger partial charge on any atom is 0.354 e. The molecular formula is C21H24N2O4. The van der Waals surface area contributed by atoms with Crippen molar-refractivity contribution in [1.82, 2.24) is 0 Å². The van der Waals surface area contributed by atoms with Gasteiger partial charge >= 0.3 is 5.97 Å². The molecule has 0 radical (unpaired) electrons. The summed E-state index contributed by atoms with van der Waals surface area (Å²) in [5.74, 6) is -0.419. The van der Waals surface area contributed by atoms with Gasteiger partial charge in [-0.1, -0.05) is 36.8 Å². The number of anilines is 1. The van der Waals surface area contributed by atoms with E-state index >= 15 is 0 Å². The van der Waals surface area contributed by atoms with Gasteiger partial charge in [-0.15, -0.1) is 0 Å². The Morgan fingerprint density at radius 2 is 1.78 bits per heavy atom. The lowest BCUT2D eigenvalue weighted by molar-refractivity contribution is -0.384. The van der Waals surface area contributed by atoms with Crippen LogP contribution in [-0.4, -0.2) is 17.5 Å². The van der Waals surface area contributed by atoms with Crippen molar-refractivity contribution in [2.24, 2.45) is 0 Å². The molecule has 142 valence electrons. The fourth-order valence-corrected chi connectivity index (χ4v) is 2.66. The van der Waals surface area contributed by atoms with E-state index < -0.39 is 10.9 Å². The highest BCUT2D eigenvalue weighted by atomic mass is 16.6. The number of carbonyl (C=O) groups excluding carboxylic acids is 1. The molecule has 0 aromatic heterocycles. The highest BCUT2D eigenvalue weighted by Crippen LogP contribution is 2.25. The third kappa shape index (κ3) is 5.67. The fourth-order valence-electron chi connectivity index (χ4n) is 2.66. The molecule has 0 spiro atoms. The summed E-state index contributed by atoms with van der Waals surface area (Å²) >= 11 is 0. The summed E-state index contributed by atoms with van der Waals surface area (Å²) in [5, 5.41) is 13.8. The molecule has 0 aliphatic heterocycles. The molecule has 1 unspecified atom stereocenters. The number of rotatable bonds is 8. The van der Waals surface area contributed by atoms with Gasteiger partial charge in [-0.25, -0.2) is 4.79 Å². The topological polar surface area (TPSA) is 81.5 Å². The number of esters is 1. The number of nitro groups is 1. The van der Waals surface area contributed by atoms with Crippen molar-refractivity contribution in [3.8, 4) is 0 Å². The number of carbonyl (C=O) groups is 1. The minimum atomic E-state index is -0.462. The molecule has 6 heteroatoms. The first-order valence-corrected chi connectivity index (χ1v) is 8.91. The first-order chi connectivity index (χ1) is 12.9. The number of allylic oxidation sites excluding steroid dienone is 1. The van der Waals surface area contributed by atoms with Crippen LogP contribution in [0.4, 0.5) is 11.4 Å². The first-order valence-electron chi connectivity index (χ1n) is 8.91. The second kappa shape index (κ2) is 9.52. The molecular weight excluding hydrogens is 344 g/mol. The van der Waals surface area contributed by atoms with Crippen molar-refractivity contribution in [2.45, 2.75) is 33.1 Å². The molecule has 0 fully saturated rings. The van der Waals surface area contributed by atoms with E-state index in [1.54, 1.807) is 19.1 Å². The lowest BCUT2D eigenvalue weighted by Gasteiger charge is -2.16. The van der Waals surface area contributed by atoms with Gasteiger partial charge in [-0.3, -0.25) is 10.1 Å². The standard InChI is InChI=1S/C21H24N2O4/c1-4-16(17-8-6-15(3)7-9-17)14-20(21(24)27-5-2)22-18-10-12-19(13-11-18)23(25)26/h6-14,16,22H,4-5H2,1-3H3/b20-14-. The summed E-state index contributed by atoms with van der Waals surface area (Å²) in [6, 6.07) is 14.1. The first kappa shape index (κ1) is 20.2. The molecule has 1 atom stereocenters. The number of benzene rings is 2. The number of non-ortho nitro benzene ring substituents is 1. The van der Waals surface area contributed by atoms with E-state index in [0.717, 1.165) is 12.0 Å². The molecule has 0 saturated carbocycles. The lowest BCUT2D eigenvalue weighted by atomic mass is 9.94. The predicted octanol–water partition coefficient (Wildman–Crippen LogP) is 4.96. The molecule has 6 nitrogen and oxygen atoms in total. The van der Waals surface area contributed by atoms with Crippen molar-refractivity contribution in [1.29, 1.82) is 0 Å². The third-order valence-electron chi connectivity index (χ3n) is 4.17. The van der Waals surface area contributed by atoms with Gasteiger partial charge in [-0.05, 0) is 44.0 Å². The minimum Gasteiger partial charge on any atom is -0.461 e. The molecule has 0 aliphatic carbocycles. The molecule has 0 saturated heterocycles. The molecule has 0 aliphatic rings. The zero-order chi connectivity index (χ0) is 19.8. The van der Waals surface area contributed by atoms with Crippen molar-refractivity contribution in [3.63, 3.8) is 0 Å². The highest BCUT2D eigenvalue weighted by Gasteiger charge is 2.16. The van der Waals surface area contributed by atoms with Crippen LogP contribution in [0.15, 0.2) is 60.3 Å². The van der Waals surface area contributed by atoms with Gasteiger partial charge in [0.1, 0.15) is 5.70 Å². The van der Waals surface area contributed by atoms with Gasteiger partial charge in [0.05, 0.1) is 11.5 Å². The van der Waals surface area contributed by atoms with Gasteiger partial charge < -0.3 is 10.1 Å². The van der Waals surface area contributed by atoms with Crippen LogP contribution in [0.25, 0.3) is 0 Å². The Morgan fingerprint density at radius 3 is 2.30 bits per heavy atom. The highest BCUT2D eigenvalue weighted by molar-refractivity contribution is 5.92. The quantitative estimate of drug-likeness (QED) is 0.308. The third-order valence-corrected chi connectivity index (χ3v) is 4.17. The number of nitro benzene ring substituents is 1. The molecule has 2 aromatic rings. The molecule has 2 aromatic carbocycles. The monoisotopic (exact) mass is 368 g/mol. The van der Waals surface area contributed by atoms with E-state index in [2.05, 4.69) is 24.4 Å². The number of hydrogen-bond acceptors (Lipinski definition) is 5. The summed E-state index contributed by atoms with van der Waals surface area (Å²) in [4.78, 5) is 22.7. The second-order valence-electron chi connectivity index (χ2n) is 6.16. The van der Waals surface area contributed by atoms with Gasteiger partial charge in [0.2, 0.25) is 0 Å². The van der Waals surface area contributed by atoms with Crippen LogP contribution < -0.4 is 5.32 Å². The zero-order valence-electron chi connectivity index (χ0n) is 15.8. The van der Waals surface area contributed by atoms with Crippen LogP contribution in [0, 0.1) is 17.0 Å². The summed E-state index contributed by atoms with van der Waals surface area (Å²) in [7, 11) is 0. The number of nitrogens with one attached hydrogen (secondary N) is 1. The van der Waals surface area contributed by atoms with Crippen molar-refractivity contribution in [3.05, 3.63) is 81.5 Å². The summed E-state index contributed by atoms with van der Waals surface area (Å²) in [6.07, 6.45) is 2.66. The van der Waals surface area contributed by atoms with Gasteiger partial charge in [0.25, 0.3) is 5.69 Å². The number of hydrogen-bond donors (Lipinski definition) is 1. The van der Waals surface area contributed by atoms with E-state index in [0.29, 0.717) is 11.4 Å². The Hall–Kier alpha value is -3.15. The largest absolute Gasteiger partial charge is 0.461 e. The molecule has 27 heavy (non-hydrogen) atoms. The fraction of sp³-hybridized carbons (Fsp3) is 0.286. The van der Waals surface area contributed by atoms with Gasteiger partial charge in [0.15, 0.2) is 0 Å². The summed E-state index contributed by atoms with van der Waals surface area (Å²) in [6.45, 7) is 6.09. The molecule has 1 N–H and O–H groups in total. The van der Waals surface area contributed by atoms with Crippen molar-refractivity contribution >= 4 is 17.3 Å². The van der Waals surface area contributed by atoms with E-state index in [1.807, 2.05) is 25.1 Å². The minimum absolute atomic E-state index is 0.00620. The average Bonchev–Trinajstić information content (AvgIpc) is 2.66. The van der Waals surface area contributed by atoms with Crippen molar-refractivity contribution < 1.29 is 14.5 Å². The van der Waals surface area contributed by atoms with Crippen LogP contribution in [0.1, 0.15) is 37.3 Å². The summed E-state index contributed by atoms with van der Waals surface area (Å²) < 4.78 is 5.16. The smallest absolute Gasteiger partial charge is 0.354 e. The Balaban J connectivity index is 2.31. The van der Waals surface area contributed by atoms with E-state index in [9.17, 15) is 14.9 Å². The predicted molar refractivity (Wildman–Crippen MR) is 106 cm³/mol.